The third-order valence-corrected chi connectivity index (χ3v) is 1.95. The second-order valence-electron chi connectivity index (χ2n) is 2.87. The van der Waals surface area contributed by atoms with Crippen LogP contribution in [0.3, 0.4) is 0 Å². The molecule has 2 aromatic carbocycles. The van der Waals surface area contributed by atoms with Crippen molar-refractivity contribution < 1.29 is 4.39 Å². The standard InChI is InChI=1S/C12H9F.Li.H/c13-12-8-6-11(7-9-12)10-4-2-1-3-5-10;;/h1-9H;;. The van der Waals surface area contributed by atoms with Gasteiger partial charge in [0.25, 0.3) is 0 Å². The molecule has 0 saturated heterocycles. The second kappa shape index (κ2) is 5.00. The Hall–Kier alpha value is -1.03. The van der Waals surface area contributed by atoms with Crippen molar-refractivity contribution in [2.75, 3.05) is 0 Å². The maximum atomic E-state index is 12.6. The number of rotatable bonds is 1. The molecule has 0 aromatic heterocycles. The van der Waals surface area contributed by atoms with Crippen LogP contribution in [-0.4, -0.2) is 18.9 Å². The van der Waals surface area contributed by atoms with Crippen LogP contribution in [0.15, 0.2) is 54.6 Å². The van der Waals surface area contributed by atoms with Crippen molar-refractivity contribution >= 4 is 18.9 Å². The third-order valence-electron chi connectivity index (χ3n) is 1.95. The van der Waals surface area contributed by atoms with Crippen molar-refractivity contribution in [1.29, 1.82) is 0 Å². The van der Waals surface area contributed by atoms with Crippen molar-refractivity contribution in [3.8, 4) is 11.1 Å². The fraction of sp³-hybridized carbons (Fsp3) is 0. The molecule has 0 nitrogen and oxygen atoms in total. The van der Waals surface area contributed by atoms with Crippen molar-refractivity contribution in [3.63, 3.8) is 0 Å². The Morgan fingerprint density at radius 3 is 1.71 bits per heavy atom. The van der Waals surface area contributed by atoms with Crippen molar-refractivity contribution in [3.05, 3.63) is 60.4 Å². The molecule has 66 valence electrons. The van der Waals surface area contributed by atoms with E-state index in [1.807, 2.05) is 30.3 Å². The minimum atomic E-state index is -0.195. The van der Waals surface area contributed by atoms with E-state index in [1.54, 1.807) is 12.1 Å². The number of hydrogen-bond donors (Lipinski definition) is 0. The van der Waals surface area contributed by atoms with Crippen LogP contribution < -0.4 is 0 Å². The van der Waals surface area contributed by atoms with Crippen LogP contribution in [0.25, 0.3) is 11.1 Å². The molecule has 0 fully saturated rings. The summed E-state index contributed by atoms with van der Waals surface area (Å²) < 4.78 is 12.6. The van der Waals surface area contributed by atoms with Crippen molar-refractivity contribution in [1.82, 2.24) is 0 Å². The van der Waals surface area contributed by atoms with Gasteiger partial charge in [0, 0.05) is 0 Å². The van der Waals surface area contributed by atoms with Crippen LogP contribution in [0, 0.1) is 5.82 Å². The molecule has 0 saturated carbocycles. The first-order valence-corrected chi connectivity index (χ1v) is 4.17. The third kappa shape index (κ3) is 2.48. The van der Waals surface area contributed by atoms with Crippen LogP contribution in [0.4, 0.5) is 4.39 Å². The Kier molecular flexibility index (Phi) is 3.94. The number of hydrogen-bond acceptors (Lipinski definition) is 0. The molecule has 0 radical (unpaired) electrons. The molecule has 2 heteroatoms. The predicted molar refractivity (Wildman–Crippen MR) is 59.0 cm³/mol. The topological polar surface area (TPSA) is 0 Å². The average molecular weight is 180 g/mol. The SMILES string of the molecule is Fc1ccc(-c2ccccc2)cc1.[LiH]. The van der Waals surface area contributed by atoms with Gasteiger partial charge in [0.2, 0.25) is 0 Å². The Morgan fingerprint density at radius 1 is 0.643 bits per heavy atom. The first kappa shape index (κ1) is 11.0. The zero-order chi connectivity index (χ0) is 9.10. The van der Waals surface area contributed by atoms with Crippen LogP contribution in [-0.2, 0) is 0 Å². The van der Waals surface area contributed by atoms with Gasteiger partial charge in [-0.05, 0) is 23.3 Å². The summed E-state index contributed by atoms with van der Waals surface area (Å²) in [6.07, 6.45) is 0. The van der Waals surface area contributed by atoms with Gasteiger partial charge in [0.05, 0.1) is 0 Å². The van der Waals surface area contributed by atoms with Gasteiger partial charge >= 0.3 is 18.9 Å². The van der Waals surface area contributed by atoms with E-state index >= 15 is 0 Å². The molecule has 0 aliphatic heterocycles. The summed E-state index contributed by atoms with van der Waals surface area (Å²) in [6.45, 7) is 0. The van der Waals surface area contributed by atoms with Gasteiger partial charge in [-0.2, -0.15) is 0 Å². The molecule has 0 N–H and O–H groups in total. The monoisotopic (exact) mass is 180 g/mol. The first-order valence-electron chi connectivity index (χ1n) is 4.17. The van der Waals surface area contributed by atoms with Gasteiger partial charge in [-0.15, -0.1) is 0 Å². The van der Waals surface area contributed by atoms with Gasteiger partial charge < -0.3 is 0 Å². The molecule has 0 bridgehead atoms. The van der Waals surface area contributed by atoms with Crippen LogP contribution in [0.2, 0.25) is 0 Å². The molecule has 14 heavy (non-hydrogen) atoms. The summed E-state index contributed by atoms with van der Waals surface area (Å²) in [5.41, 5.74) is 2.16. The molecule has 0 unspecified atom stereocenters. The zero-order valence-electron chi connectivity index (χ0n) is 7.07. The van der Waals surface area contributed by atoms with E-state index in [0.717, 1.165) is 11.1 Å². The Morgan fingerprint density at radius 2 is 1.14 bits per heavy atom. The average Bonchev–Trinajstić information content (AvgIpc) is 2.20. The van der Waals surface area contributed by atoms with Crippen LogP contribution in [0.5, 0.6) is 0 Å². The van der Waals surface area contributed by atoms with E-state index < -0.39 is 0 Å². The summed E-state index contributed by atoms with van der Waals surface area (Å²) in [5.74, 6) is -0.195. The van der Waals surface area contributed by atoms with E-state index in [9.17, 15) is 4.39 Å². The van der Waals surface area contributed by atoms with Crippen LogP contribution >= 0.6 is 0 Å². The Labute approximate surface area is 95.0 Å². The quantitative estimate of drug-likeness (QED) is 0.592. The Bertz CT molecular complexity index is 381. The molecule has 0 atom stereocenters. The van der Waals surface area contributed by atoms with Gasteiger partial charge in [0.15, 0.2) is 0 Å². The van der Waals surface area contributed by atoms with E-state index in [2.05, 4.69) is 0 Å². The van der Waals surface area contributed by atoms with Gasteiger partial charge in [-0.25, -0.2) is 4.39 Å². The first-order chi connectivity index (χ1) is 6.36. The van der Waals surface area contributed by atoms with E-state index in [1.165, 1.54) is 12.1 Å². The molecule has 2 aromatic rings. The fourth-order valence-corrected chi connectivity index (χ4v) is 1.27. The number of halogens is 1. The molecule has 0 aliphatic rings. The van der Waals surface area contributed by atoms with Gasteiger partial charge in [-0.1, -0.05) is 42.5 Å². The summed E-state index contributed by atoms with van der Waals surface area (Å²) in [7, 11) is 0. The zero-order valence-corrected chi connectivity index (χ0v) is 7.07. The summed E-state index contributed by atoms with van der Waals surface area (Å²) in [6, 6.07) is 16.4. The molecular formula is C12H10FLi. The molecule has 0 spiro atoms. The fourth-order valence-electron chi connectivity index (χ4n) is 1.27. The second-order valence-corrected chi connectivity index (χ2v) is 2.87. The predicted octanol–water partition coefficient (Wildman–Crippen LogP) is 2.84. The number of benzene rings is 2. The van der Waals surface area contributed by atoms with E-state index in [-0.39, 0.29) is 24.7 Å². The van der Waals surface area contributed by atoms with E-state index in [0.29, 0.717) is 0 Å². The summed E-state index contributed by atoms with van der Waals surface area (Å²) in [5, 5.41) is 0. The summed E-state index contributed by atoms with van der Waals surface area (Å²) in [4.78, 5) is 0. The van der Waals surface area contributed by atoms with Crippen molar-refractivity contribution in [2.45, 2.75) is 0 Å². The molecule has 0 aliphatic carbocycles. The molecule has 2 rings (SSSR count). The Balaban J connectivity index is 0.000000980. The van der Waals surface area contributed by atoms with Crippen molar-refractivity contribution in [2.24, 2.45) is 0 Å². The normalized spacial score (nSPS) is 9.21. The maximum absolute atomic E-state index is 12.6. The molecule has 0 heterocycles. The van der Waals surface area contributed by atoms with Gasteiger partial charge in [-0.3, -0.25) is 0 Å². The minimum absolute atomic E-state index is 0. The van der Waals surface area contributed by atoms with E-state index in [4.69, 9.17) is 0 Å². The van der Waals surface area contributed by atoms with Gasteiger partial charge in [0.1, 0.15) is 5.82 Å². The van der Waals surface area contributed by atoms with Crippen LogP contribution in [0.1, 0.15) is 0 Å². The molecule has 0 amide bonds. The summed E-state index contributed by atoms with van der Waals surface area (Å²) >= 11 is 0. The molecular weight excluding hydrogens is 170 g/mol.